The summed E-state index contributed by atoms with van der Waals surface area (Å²) in [6.45, 7) is 3.11. The SMILES string of the molecule is COc1ccc(CNC(=O)C2CCN(Cc3ccc(Cl)cc3Cl)CC2)cc1. The predicted molar refractivity (Wildman–Crippen MR) is 109 cm³/mol. The number of piperidine rings is 1. The average molecular weight is 407 g/mol. The molecule has 1 amide bonds. The van der Waals surface area contributed by atoms with E-state index in [1.165, 1.54) is 0 Å². The summed E-state index contributed by atoms with van der Waals surface area (Å²) in [6, 6.07) is 13.4. The summed E-state index contributed by atoms with van der Waals surface area (Å²) < 4.78 is 5.15. The van der Waals surface area contributed by atoms with Crippen LogP contribution in [0.15, 0.2) is 42.5 Å². The fourth-order valence-corrected chi connectivity index (χ4v) is 3.79. The van der Waals surface area contributed by atoms with Gasteiger partial charge in [0, 0.05) is 29.1 Å². The predicted octanol–water partition coefficient (Wildman–Crippen LogP) is 4.53. The van der Waals surface area contributed by atoms with E-state index < -0.39 is 0 Å². The molecule has 0 radical (unpaired) electrons. The first-order valence-corrected chi connectivity index (χ1v) is 9.87. The number of rotatable bonds is 6. The third-order valence-electron chi connectivity index (χ3n) is 4.99. The molecule has 1 N–H and O–H groups in total. The van der Waals surface area contributed by atoms with Gasteiger partial charge in [-0.3, -0.25) is 9.69 Å². The van der Waals surface area contributed by atoms with Crippen molar-refractivity contribution in [1.29, 1.82) is 0 Å². The van der Waals surface area contributed by atoms with E-state index in [-0.39, 0.29) is 11.8 Å². The highest BCUT2D eigenvalue weighted by Crippen LogP contribution is 2.25. The lowest BCUT2D eigenvalue weighted by Gasteiger charge is -2.31. The van der Waals surface area contributed by atoms with Gasteiger partial charge < -0.3 is 10.1 Å². The number of hydrogen-bond donors (Lipinski definition) is 1. The van der Waals surface area contributed by atoms with E-state index in [9.17, 15) is 4.79 Å². The second-order valence-corrected chi connectivity index (χ2v) is 7.70. The maximum absolute atomic E-state index is 12.5. The normalized spacial score (nSPS) is 15.5. The summed E-state index contributed by atoms with van der Waals surface area (Å²) in [6.07, 6.45) is 1.72. The van der Waals surface area contributed by atoms with E-state index in [2.05, 4.69) is 10.2 Å². The number of benzene rings is 2. The number of amides is 1. The fraction of sp³-hybridized carbons (Fsp3) is 0.381. The molecule has 2 aromatic rings. The van der Waals surface area contributed by atoms with Crippen molar-refractivity contribution in [2.45, 2.75) is 25.9 Å². The Morgan fingerprint density at radius 2 is 1.85 bits per heavy atom. The summed E-state index contributed by atoms with van der Waals surface area (Å²) in [5, 5.41) is 4.40. The fourth-order valence-electron chi connectivity index (χ4n) is 3.32. The molecule has 0 spiro atoms. The first kappa shape index (κ1) is 20.0. The Bertz CT molecular complexity index is 772. The number of nitrogens with zero attached hydrogens (tertiary/aromatic N) is 1. The summed E-state index contributed by atoms with van der Waals surface area (Å²) in [5.41, 5.74) is 2.14. The standard InChI is InChI=1S/C21H24Cl2N2O2/c1-27-19-6-2-15(3-7-19)13-24-21(26)16-8-10-25(11-9-16)14-17-4-5-18(22)12-20(17)23/h2-7,12,16H,8-11,13-14H2,1H3,(H,24,26). The van der Waals surface area contributed by atoms with E-state index in [0.29, 0.717) is 16.6 Å². The molecule has 0 saturated carbocycles. The highest BCUT2D eigenvalue weighted by Gasteiger charge is 2.25. The summed E-state index contributed by atoms with van der Waals surface area (Å²) in [7, 11) is 1.64. The molecular formula is C21H24Cl2N2O2. The van der Waals surface area contributed by atoms with Gasteiger partial charge in [-0.05, 0) is 61.3 Å². The maximum atomic E-state index is 12.5. The number of hydrogen-bond acceptors (Lipinski definition) is 3. The minimum Gasteiger partial charge on any atom is -0.497 e. The molecule has 144 valence electrons. The van der Waals surface area contributed by atoms with E-state index >= 15 is 0 Å². The van der Waals surface area contributed by atoms with Crippen LogP contribution in [0.25, 0.3) is 0 Å². The van der Waals surface area contributed by atoms with Crippen molar-refractivity contribution in [3.05, 3.63) is 63.6 Å². The van der Waals surface area contributed by atoms with Gasteiger partial charge in [-0.1, -0.05) is 41.4 Å². The average Bonchev–Trinajstić information content (AvgIpc) is 2.69. The van der Waals surface area contributed by atoms with Crippen molar-refractivity contribution in [2.75, 3.05) is 20.2 Å². The van der Waals surface area contributed by atoms with Crippen LogP contribution in [0.5, 0.6) is 5.75 Å². The quantitative estimate of drug-likeness (QED) is 0.765. The van der Waals surface area contributed by atoms with Gasteiger partial charge in [0.15, 0.2) is 0 Å². The maximum Gasteiger partial charge on any atom is 0.223 e. The molecule has 0 aliphatic carbocycles. The molecule has 0 aromatic heterocycles. The molecular weight excluding hydrogens is 383 g/mol. The molecule has 0 atom stereocenters. The third-order valence-corrected chi connectivity index (χ3v) is 5.58. The van der Waals surface area contributed by atoms with Crippen LogP contribution in [-0.4, -0.2) is 31.0 Å². The minimum absolute atomic E-state index is 0.0696. The number of halogens is 2. The van der Waals surface area contributed by atoms with Gasteiger partial charge in [-0.25, -0.2) is 0 Å². The molecule has 1 aliphatic rings. The molecule has 2 aromatic carbocycles. The molecule has 1 saturated heterocycles. The summed E-state index contributed by atoms with van der Waals surface area (Å²) >= 11 is 12.2. The van der Waals surface area contributed by atoms with Gasteiger partial charge in [0.2, 0.25) is 5.91 Å². The summed E-state index contributed by atoms with van der Waals surface area (Å²) in [5.74, 6) is 1.02. The Labute approximate surface area is 170 Å². The lowest BCUT2D eigenvalue weighted by Crippen LogP contribution is -2.40. The zero-order valence-electron chi connectivity index (χ0n) is 15.4. The van der Waals surface area contributed by atoms with E-state index in [1.807, 2.05) is 36.4 Å². The van der Waals surface area contributed by atoms with Crippen molar-refractivity contribution in [1.82, 2.24) is 10.2 Å². The van der Waals surface area contributed by atoms with Gasteiger partial charge in [0.05, 0.1) is 7.11 Å². The third kappa shape index (κ3) is 5.61. The summed E-state index contributed by atoms with van der Waals surface area (Å²) in [4.78, 5) is 14.8. The van der Waals surface area contributed by atoms with Crippen LogP contribution in [-0.2, 0) is 17.9 Å². The molecule has 1 heterocycles. The van der Waals surface area contributed by atoms with Crippen LogP contribution in [0.2, 0.25) is 10.0 Å². The van der Waals surface area contributed by atoms with Gasteiger partial charge in [-0.15, -0.1) is 0 Å². The minimum atomic E-state index is 0.0696. The first-order chi connectivity index (χ1) is 13.0. The molecule has 4 nitrogen and oxygen atoms in total. The van der Waals surface area contributed by atoms with Crippen molar-refractivity contribution in [2.24, 2.45) is 5.92 Å². The van der Waals surface area contributed by atoms with Crippen LogP contribution in [0.3, 0.4) is 0 Å². The second-order valence-electron chi connectivity index (χ2n) is 6.85. The Morgan fingerprint density at radius 1 is 1.15 bits per heavy atom. The van der Waals surface area contributed by atoms with Crippen LogP contribution < -0.4 is 10.1 Å². The van der Waals surface area contributed by atoms with Gasteiger partial charge in [0.1, 0.15) is 5.75 Å². The van der Waals surface area contributed by atoms with Crippen LogP contribution in [0.1, 0.15) is 24.0 Å². The van der Waals surface area contributed by atoms with E-state index in [4.69, 9.17) is 27.9 Å². The molecule has 0 unspecified atom stereocenters. The van der Waals surface area contributed by atoms with Crippen molar-refractivity contribution < 1.29 is 9.53 Å². The lowest BCUT2D eigenvalue weighted by atomic mass is 9.95. The molecule has 3 rings (SSSR count). The lowest BCUT2D eigenvalue weighted by molar-refractivity contribution is -0.126. The molecule has 6 heteroatoms. The Kier molecular flexibility index (Phi) is 7.00. The zero-order chi connectivity index (χ0) is 19.2. The van der Waals surface area contributed by atoms with E-state index in [1.54, 1.807) is 13.2 Å². The molecule has 1 fully saturated rings. The van der Waals surface area contributed by atoms with E-state index in [0.717, 1.165) is 49.4 Å². The van der Waals surface area contributed by atoms with Gasteiger partial charge >= 0.3 is 0 Å². The van der Waals surface area contributed by atoms with Gasteiger partial charge in [0.25, 0.3) is 0 Å². The molecule has 0 bridgehead atoms. The van der Waals surface area contributed by atoms with Crippen molar-refractivity contribution in [3.63, 3.8) is 0 Å². The molecule has 27 heavy (non-hydrogen) atoms. The smallest absolute Gasteiger partial charge is 0.223 e. The number of nitrogens with one attached hydrogen (secondary N) is 1. The Balaban J connectivity index is 1.44. The highest BCUT2D eigenvalue weighted by molar-refractivity contribution is 6.35. The first-order valence-electron chi connectivity index (χ1n) is 9.12. The van der Waals surface area contributed by atoms with Crippen LogP contribution in [0, 0.1) is 5.92 Å². The highest BCUT2D eigenvalue weighted by atomic mass is 35.5. The number of carbonyl (C=O) groups excluding carboxylic acids is 1. The molecule has 1 aliphatic heterocycles. The van der Waals surface area contributed by atoms with Crippen LogP contribution >= 0.6 is 23.2 Å². The van der Waals surface area contributed by atoms with Crippen LogP contribution in [0.4, 0.5) is 0 Å². The Morgan fingerprint density at radius 3 is 2.48 bits per heavy atom. The Hall–Kier alpha value is -1.75. The van der Waals surface area contributed by atoms with Gasteiger partial charge in [-0.2, -0.15) is 0 Å². The number of methoxy groups -OCH3 is 1. The largest absolute Gasteiger partial charge is 0.497 e. The van der Waals surface area contributed by atoms with Crippen molar-refractivity contribution >= 4 is 29.1 Å². The zero-order valence-corrected chi connectivity index (χ0v) is 16.9. The number of ether oxygens (including phenoxy) is 1. The number of likely N-dealkylation sites (tertiary alicyclic amines) is 1. The monoisotopic (exact) mass is 406 g/mol. The topological polar surface area (TPSA) is 41.6 Å². The number of carbonyl (C=O) groups is 1. The second kappa shape index (κ2) is 9.45. The van der Waals surface area contributed by atoms with Crippen molar-refractivity contribution in [3.8, 4) is 5.75 Å².